The predicted molar refractivity (Wildman–Crippen MR) is 77.7 cm³/mol. The monoisotopic (exact) mass is 316 g/mol. The molecule has 0 atom stereocenters. The van der Waals surface area contributed by atoms with Crippen LogP contribution in [0.15, 0.2) is 5.16 Å². The van der Waals surface area contributed by atoms with Gasteiger partial charge in [0.15, 0.2) is 5.16 Å². The second kappa shape index (κ2) is 9.32. The van der Waals surface area contributed by atoms with Crippen molar-refractivity contribution in [2.24, 2.45) is 5.73 Å². The quantitative estimate of drug-likeness (QED) is 0.429. The molecule has 0 fully saturated rings. The lowest BCUT2D eigenvalue weighted by Gasteiger charge is -2.07. The van der Waals surface area contributed by atoms with Gasteiger partial charge in [0, 0.05) is 20.2 Å². The third kappa shape index (κ3) is 5.69. The highest BCUT2D eigenvalue weighted by Crippen LogP contribution is 2.16. The van der Waals surface area contributed by atoms with Gasteiger partial charge in [0.25, 0.3) is 0 Å². The van der Waals surface area contributed by atoms with Crippen LogP contribution in [0, 0.1) is 0 Å². The van der Waals surface area contributed by atoms with E-state index >= 15 is 0 Å². The first kappa shape index (κ1) is 17.4. The van der Waals surface area contributed by atoms with Crippen LogP contribution >= 0.6 is 11.8 Å². The summed E-state index contributed by atoms with van der Waals surface area (Å²) in [6.45, 7) is 3.62. The van der Waals surface area contributed by atoms with Gasteiger partial charge in [-0.25, -0.2) is 4.79 Å². The maximum absolute atomic E-state index is 11.6. The Balaban J connectivity index is 2.39. The summed E-state index contributed by atoms with van der Waals surface area (Å²) < 4.78 is 6.61. The Morgan fingerprint density at radius 3 is 2.81 bits per heavy atom. The lowest BCUT2D eigenvalue weighted by Crippen LogP contribution is -2.41. The van der Waals surface area contributed by atoms with Gasteiger partial charge in [-0.05, 0) is 6.92 Å². The Morgan fingerprint density at radius 1 is 1.43 bits per heavy atom. The molecular formula is C11H20N6O3S. The molecular weight excluding hydrogens is 296 g/mol. The van der Waals surface area contributed by atoms with Gasteiger partial charge >= 0.3 is 6.03 Å². The van der Waals surface area contributed by atoms with Gasteiger partial charge in [0.2, 0.25) is 5.91 Å². The number of methoxy groups -OCH3 is 1. The zero-order valence-electron chi connectivity index (χ0n) is 12.1. The van der Waals surface area contributed by atoms with E-state index < -0.39 is 11.9 Å². The van der Waals surface area contributed by atoms with E-state index in [1.807, 2.05) is 11.5 Å². The van der Waals surface area contributed by atoms with Gasteiger partial charge < -0.3 is 20.4 Å². The van der Waals surface area contributed by atoms with Crippen molar-refractivity contribution in [3.63, 3.8) is 0 Å². The Hall–Kier alpha value is -1.65. The number of carbonyl (C=O) groups excluding carboxylic acids is 2. The third-order valence-electron chi connectivity index (χ3n) is 2.47. The van der Waals surface area contributed by atoms with Crippen molar-refractivity contribution in [2.75, 3.05) is 26.0 Å². The first-order chi connectivity index (χ1) is 10.1. The van der Waals surface area contributed by atoms with Crippen molar-refractivity contribution in [1.82, 2.24) is 25.4 Å². The molecule has 0 saturated heterocycles. The van der Waals surface area contributed by atoms with Crippen molar-refractivity contribution in [3.8, 4) is 0 Å². The van der Waals surface area contributed by atoms with Crippen LogP contribution in [0.1, 0.15) is 12.7 Å². The van der Waals surface area contributed by atoms with E-state index in [0.29, 0.717) is 30.7 Å². The zero-order valence-corrected chi connectivity index (χ0v) is 12.9. The van der Waals surface area contributed by atoms with E-state index in [2.05, 4.69) is 20.8 Å². The summed E-state index contributed by atoms with van der Waals surface area (Å²) in [5.74, 6) is 0.327. The number of carbonyl (C=O) groups is 2. The molecule has 118 valence electrons. The molecule has 3 amide bonds. The second-order valence-electron chi connectivity index (χ2n) is 3.93. The molecule has 4 N–H and O–H groups in total. The number of aromatic nitrogens is 3. The van der Waals surface area contributed by atoms with E-state index in [-0.39, 0.29) is 12.3 Å². The molecule has 1 heterocycles. The van der Waals surface area contributed by atoms with Crippen LogP contribution in [-0.2, 0) is 22.6 Å². The van der Waals surface area contributed by atoms with Crippen molar-refractivity contribution in [2.45, 2.75) is 25.2 Å². The number of ether oxygens (including phenoxy) is 1. The van der Waals surface area contributed by atoms with Gasteiger partial charge in [-0.2, -0.15) is 0 Å². The van der Waals surface area contributed by atoms with E-state index in [0.717, 1.165) is 0 Å². The molecule has 0 aliphatic heterocycles. The van der Waals surface area contributed by atoms with Crippen LogP contribution < -0.4 is 16.4 Å². The molecule has 0 spiro atoms. The van der Waals surface area contributed by atoms with Gasteiger partial charge in [0.05, 0.1) is 18.9 Å². The summed E-state index contributed by atoms with van der Waals surface area (Å²) >= 11 is 1.20. The highest BCUT2D eigenvalue weighted by molar-refractivity contribution is 7.99. The number of amides is 3. The average molecular weight is 316 g/mol. The number of imide groups is 1. The van der Waals surface area contributed by atoms with Crippen molar-refractivity contribution < 1.29 is 14.3 Å². The third-order valence-corrected chi connectivity index (χ3v) is 3.44. The van der Waals surface area contributed by atoms with Crippen LogP contribution in [-0.4, -0.2) is 52.7 Å². The number of thioether (sulfide) groups is 1. The lowest BCUT2D eigenvalue weighted by atomic mass is 10.6. The summed E-state index contributed by atoms with van der Waals surface area (Å²) in [5.41, 5.74) is 5.54. The lowest BCUT2D eigenvalue weighted by molar-refractivity contribution is -0.117. The minimum atomic E-state index is -0.544. The predicted octanol–water partition coefficient (Wildman–Crippen LogP) is -0.679. The Morgan fingerprint density at radius 2 is 2.19 bits per heavy atom. The van der Waals surface area contributed by atoms with Crippen LogP contribution in [0.3, 0.4) is 0 Å². The van der Waals surface area contributed by atoms with Crippen LogP contribution in [0.5, 0.6) is 0 Å². The normalized spacial score (nSPS) is 10.4. The van der Waals surface area contributed by atoms with Crippen molar-refractivity contribution in [1.29, 1.82) is 0 Å². The summed E-state index contributed by atoms with van der Waals surface area (Å²) in [5, 5.41) is 13.2. The standard InChI is InChI=1S/C11H20N6O3S/c1-3-17-8(6-12)15-16-11(17)21-7-9(18)14-10(19)13-4-5-20-2/h3-7,12H2,1-2H3,(H2,13,14,18,19). The fourth-order valence-corrected chi connectivity index (χ4v) is 2.32. The second-order valence-corrected chi connectivity index (χ2v) is 4.88. The van der Waals surface area contributed by atoms with Gasteiger partial charge in [-0.15, -0.1) is 10.2 Å². The fourth-order valence-electron chi connectivity index (χ4n) is 1.50. The van der Waals surface area contributed by atoms with E-state index in [1.54, 1.807) is 0 Å². The first-order valence-electron chi connectivity index (χ1n) is 6.43. The average Bonchev–Trinajstić information content (AvgIpc) is 2.87. The van der Waals surface area contributed by atoms with E-state index in [1.165, 1.54) is 18.9 Å². The highest BCUT2D eigenvalue weighted by Gasteiger charge is 2.13. The molecule has 10 heteroatoms. The largest absolute Gasteiger partial charge is 0.383 e. The first-order valence-corrected chi connectivity index (χ1v) is 7.42. The molecule has 0 saturated carbocycles. The number of urea groups is 1. The van der Waals surface area contributed by atoms with Crippen LogP contribution in [0.25, 0.3) is 0 Å². The Kier molecular flexibility index (Phi) is 7.72. The minimum Gasteiger partial charge on any atom is -0.383 e. The summed E-state index contributed by atoms with van der Waals surface area (Å²) in [7, 11) is 1.53. The molecule has 1 rings (SSSR count). The molecule has 21 heavy (non-hydrogen) atoms. The summed E-state index contributed by atoms with van der Waals surface area (Å²) in [4.78, 5) is 23.0. The number of rotatable bonds is 8. The minimum absolute atomic E-state index is 0.0698. The molecule has 0 aromatic carbocycles. The zero-order chi connectivity index (χ0) is 15.7. The fraction of sp³-hybridized carbons (Fsp3) is 0.636. The molecule has 1 aromatic rings. The number of hydrogen-bond donors (Lipinski definition) is 3. The number of nitrogens with one attached hydrogen (secondary N) is 2. The number of nitrogens with zero attached hydrogens (tertiary/aromatic N) is 3. The molecule has 0 unspecified atom stereocenters. The topological polar surface area (TPSA) is 124 Å². The number of hydrogen-bond acceptors (Lipinski definition) is 7. The molecule has 9 nitrogen and oxygen atoms in total. The van der Waals surface area contributed by atoms with Crippen molar-refractivity contribution >= 4 is 23.7 Å². The highest BCUT2D eigenvalue weighted by atomic mass is 32.2. The van der Waals surface area contributed by atoms with Crippen LogP contribution in [0.4, 0.5) is 4.79 Å². The molecule has 0 bridgehead atoms. The van der Waals surface area contributed by atoms with E-state index in [9.17, 15) is 9.59 Å². The van der Waals surface area contributed by atoms with Gasteiger partial charge in [-0.1, -0.05) is 11.8 Å². The van der Waals surface area contributed by atoms with Gasteiger partial charge in [-0.3, -0.25) is 10.1 Å². The molecule has 1 aromatic heterocycles. The van der Waals surface area contributed by atoms with Crippen molar-refractivity contribution in [3.05, 3.63) is 5.82 Å². The molecule has 0 aliphatic rings. The molecule has 0 aliphatic carbocycles. The summed E-state index contributed by atoms with van der Waals surface area (Å²) in [6.07, 6.45) is 0. The maximum Gasteiger partial charge on any atom is 0.321 e. The molecule has 0 radical (unpaired) electrons. The van der Waals surface area contributed by atoms with Crippen LogP contribution in [0.2, 0.25) is 0 Å². The maximum atomic E-state index is 11.6. The van der Waals surface area contributed by atoms with E-state index in [4.69, 9.17) is 10.5 Å². The van der Waals surface area contributed by atoms with Gasteiger partial charge in [0.1, 0.15) is 5.82 Å². The number of nitrogens with two attached hydrogens (primary N) is 1. The Bertz CT molecular complexity index is 479. The Labute approximate surface area is 127 Å². The summed E-state index contributed by atoms with van der Waals surface area (Å²) in [6, 6.07) is -0.544. The smallest absolute Gasteiger partial charge is 0.321 e. The SMILES string of the molecule is CCn1c(CN)nnc1SCC(=O)NC(=O)NCCOC.